The van der Waals surface area contributed by atoms with Crippen LogP contribution >= 0.6 is 0 Å². The number of aliphatic hydroxyl groups is 4. The Morgan fingerprint density at radius 3 is 2.16 bits per heavy atom. The molecule has 1 aliphatic heterocycles. The zero-order valence-electron chi connectivity index (χ0n) is 16.8. The number of benzene rings is 1. The Kier molecular flexibility index (Phi) is 6.04. The van der Waals surface area contributed by atoms with Crippen molar-refractivity contribution < 1.29 is 30.0 Å². The van der Waals surface area contributed by atoms with Crippen LogP contribution in [0.25, 0.3) is 11.1 Å². The number of aliphatic hydroxyl groups excluding tert-OH is 4. The van der Waals surface area contributed by atoms with Crippen molar-refractivity contribution in [2.24, 2.45) is 5.73 Å². The van der Waals surface area contributed by atoms with Gasteiger partial charge in [0.25, 0.3) is 0 Å². The van der Waals surface area contributed by atoms with Crippen molar-refractivity contribution in [2.75, 3.05) is 6.61 Å². The largest absolute Gasteiger partial charge is 0.394 e. The minimum absolute atomic E-state index is 0.146. The Bertz CT molecular complexity index is 1020. The molecule has 0 bridgehead atoms. The molecule has 7 nitrogen and oxygen atoms in total. The van der Waals surface area contributed by atoms with Gasteiger partial charge in [-0.1, -0.05) is 54.6 Å². The highest BCUT2D eigenvalue weighted by Crippen LogP contribution is 2.35. The lowest BCUT2D eigenvalue weighted by Crippen LogP contribution is -2.55. The number of nitrogens with two attached hydrogens (primary N) is 1. The fourth-order valence-electron chi connectivity index (χ4n) is 4.16. The molecule has 0 aromatic heterocycles. The van der Waals surface area contributed by atoms with E-state index < -0.39 is 43.0 Å². The lowest BCUT2D eigenvalue weighted by atomic mass is 9.87. The standard InChI is InChI=1S/C24H25NO6/c25-24(30)17-7-6-13(8-14-9-15-4-2-1-3-5-16(15)10-14)11-18(17)23-22(29)21(28)20(27)19(12-26)31-23/h1-7,9-11,19-23,26-29H,8,12H2,(H2,25,30)/t19-,20-,21+,22-,23+/m1/s1. The van der Waals surface area contributed by atoms with E-state index in [0.717, 1.165) is 22.3 Å². The van der Waals surface area contributed by atoms with E-state index in [-0.39, 0.29) is 5.56 Å². The summed E-state index contributed by atoms with van der Waals surface area (Å²) in [7, 11) is 0. The van der Waals surface area contributed by atoms with Gasteiger partial charge in [0, 0.05) is 5.56 Å². The van der Waals surface area contributed by atoms with E-state index in [0.29, 0.717) is 12.0 Å². The molecule has 7 heteroatoms. The molecule has 1 aromatic carbocycles. The van der Waals surface area contributed by atoms with Crippen LogP contribution in [0.2, 0.25) is 0 Å². The summed E-state index contributed by atoms with van der Waals surface area (Å²) in [6.45, 7) is -0.551. The van der Waals surface area contributed by atoms with Crippen molar-refractivity contribution in [2.45, 2.75) is 36.9 Å². The van der Waals surface area contributed by atoms with Crippen molar-refractivity contribution in [3.05, 3.63) is 82.9 Å². The number of amides is 1. The molecule has 6 N–H and O–H groups in total. The summed E-state index contributed by atoms with van der Waals surface area (Å²) in [6.07, 6.45) is -6.14. The summed E-state index contributed by atoms with van der Waals surface area (Å²) < 4.78 is 5.65. The lowest BCUT2D eigenvalue weighted by Gasteiger charge is -2.40. The first-order chi connectivity index (χ1) is 14.9. The van der Waals surface area contributed by atoms with Gasteiger partial charge in [-0.25, -0.2) is 0 Å². The molecule has 0 radical (unpaired) electrons. The van der Waals surface area contributed by atoms with Gasteiger partial charge in [0.1, 0.15) is 30.5 Å². The summed E-state index contributed by atoms with van der Waals surface area (Å²) in [5.74, 6) is -0.704. The molecule has 162 valence electrons. The predicted octanol–water partition coefficient (Wildman–Crippen LogP) is 0.996. The van der Waals surface area contributed by atoms with Gasteiger partial charge < -0.3 is 30.9 Å². The Morgan fingerprint density at radius 1 is 0.871 bits per heavy atom. The number of carbonyl (C=O) groups excluding carboxylic acids is 1. The van der Waals surface area contributed by atoms with Crippen molar-refractivity contribution >= 4 is 5.91 Å². The molecule has 0 spiro atoms. The van der Waals surface area contributed by atoms with Crippen LogP contribution in [0.1, 0.15) is 33.2 Å². The number of hydrogen-bond acceptors (Lipinski definition) is 6. The van der Waals surface area contributed by atoms with Crippen LogP contribution in [0.3, 0.4) is 0 Å². The van der Waals surface area contributed by atoms with Crippen molar-refractivity contribution in [1.29, 1.82) is 0 Å². The fraction of sp³-hybridized carbons (Fsp3) is 0.292. The second-order valence-corrected chi connectivity index (χ2v) is 7.90. The third kappa shape index (κ3) is 4.19. The van der Waals surface area contributed by atoms with E-state index >= 15 is 0 Å². The molecular formula is C24H25NO6. The van der Waals surface area contributed by atoms with E-state index in [1.807, 2.05) is 30.3 Å². The maximum atomic E-state index is 12.0. The van der Waals surface area contributed by atoms with E-state index in [1.165, 1.54) is 0 Å². The molecule has 1 saturated heterocycles. The van der Waals surface area contributed by atoms with Crippen LogP contribution in [-0.4, -0.2) is 57.4 Å². The van der Waals surface area contributed by atoms with Crippen LogP contribution in [0.4, 0.5) is 0 Å². The molecule has 4 rings (SSSR count). The van der Waals surface area contributed by atoms with Gasteiger partial charge in [-0.3, -0.25) is 4.79 Å². The van der Waals surface area contributed by atoms with Crippen molar-refractivity contribution in [3.63, 3.8) is 0 Å². The number of carbonyl (C=O) groups is 1. The van der Waals surface area contributed by atoms with E-state index in [1.54, 1.807) is 18.2 Å². The smallest absolute Gasteiger partial charge is 0.249 e. The quantitative estimate of drug-likeness (QED) is 0.416. The Labute approximate surface area is 179 Å². The van der Waals surface area contributed by atoms with Crippen LogP contribution in [-0.2, 0) is 11.2 Å². The maximum Gasteiger partial charge on any atom is 0.249 e. The van der Waals surface area contributed by atoms with Crippen LogP contribution in [0.15, 0.2) is 60.7 Å². The Balaban J connectivity index is 1.70. The average Bonchev–Trinajstić information content (AvgIpc) is 3.00. The van der Waals surface area contributed by atoms with Gasteiger partial charge in [0.2, 0.25) is 5.91 Å². The molecule has 5 atom stereocenters. The van der Waals surface area contributed by atoms with Gasteiger partial charge in [-0.15, -0.1) is 0 Å². The zero-order chi connectivity index (χ0) is 22.1. The maximum absolute atomic E-state index is 12.0. The summed E-state index contributed by atoms with van der Waals surface area (Å²) in [4.78, 5) is 12.0. The van der Waals surface area contributed by atoms with Gasteiger partial charge in [-0.05, 0) is 40.3 Å². The molecular weight excluding hydrogens is 398 g/mol. The van der Waals surface area contributed by atoms with Crippen LogP contribution in [0, 0.1) is 0 Å². The zero-order valence-corrected chi connectivity index (χ0v) is 16.8. The Morgan fingerprint density at radius 2 is 1.55 bits per heavy atom. The monoisotopic (exact) mass is 423 g/mol. The summed E-state index contributed by atoms with van der Waals surface area (Å²) in [6, 6.07) is 19.2. The van der Waals surface area contributed by atoms with E-state index in [2.05, 4.69) is 12.1 Å². The minimum Gasteiger partial charge on any atom is -0.394 e. The Hall–Kier alpha value is -2.81. The summed E-state index contributed by atoms with van der Waals surface area (Å²) in [5.41, 5.74) is 10.1. The summed E-state index contributed by atoms with van der Waals surface area (Å²) in [5, 5.41) is 40.2. The third-order valence-electron chi connectivity index (χ3n) is 5.78. The average molecular weight is 423 g/mol. The molecule has 1 fully saturated rings. The topological polar surface area (TPSA) is 133 Å². The number of primary amides is 1. The molecule has 0 saturated carbocycles. The van der Waals surface area contributed by atoms with Gasteiger partial charge in [-0.2, -0.15) is 0 Å². The van der Waals surface area contributed by atoms with Crippen molar-refractivity contribution in [1.82, 2.24) is 0 Å². The highest BCUT2D eigenvalue weighted by atomic mass is 16.5. The molecule has 1 aromatic rings. The van der Waals surface area contributed by atoms with Crippen LogP contribution in [0.5, 0.6) is 0 Å². The van der Waals surface area contributed by atoms with E-state index in [9.17, 15) is 25.2 Å². The first-order valence-corrected chi connectivity index (χ1v) is 10.1. The number of rotatable bonds is 5. The first kappa shape index (κ1) is 21.4. The van der Waals surface area contributed by atoms with Crippen LogP contribution < -0.4 is 5.73 Å². The summed E-state index contributed by atoms with van der Waals surface area (Å²) >= 11 is 0. The molecule has 3 aliphatic rings. The highest BCUT2D eigenvalue weighted by Gasteiger charge is 2.44. The SMILES string of the molecule is NC(=O)c1ccc(Cc2cc3cccccc-3c2)cc1[C@@H]1O[C@H](CO)[C@@H](O)[C@H](O)[C@H]1O. The molecule has 0 unspecified atom stereocenters. The van der Waals surface area contributed by atoms with Gasteiger partial charge >= 0.3 is 0 Å². The van der Waals surface area contributed by atoms with Gasteiger partial charge in [0.15, 0.2) is 0 Å². The second kappa shape index (κ2) is 8.74. The third-order valence-corrected chi connectivity index (χ3v) is 5.78. The number of fused-ring (bicyclic) bond motifs is 1. The number of ether oxygens (including phenoxy) is 1. The number of hydrogen-bond donors (Lipinski definition) is 5. The molecule has 1 amide bonds. The second-order valence-electron chi connectivity index (χ2n) is 7.90. The fourth-order valence-corrected chi connectivity index (χ4v) is 4.16. The molecule has 2 aliphatic carbocycles. The first-order valence-electron chi connectivity index (χ1n) is 10.1. The minimum atomic E-state index is -1.54. The highest BCUT2D eigenvalue weighted by molar-refractivity contribution is 5.94. The normalized spacial score (nSPS) is 26.1. The van der Waals surface area contributed by atoms with Crippen molar-refractivity contribution in [3.8, 4) is 11.1 Å². The molecule has 1 heterocycles. The lowest BCUT2D eigenvalue weighted by molar-refractivity contribution is -0.231. The molecule has 31 heavy (non-hydrogen) atoms. The predicted molar refractivity (Wildman–Crippen MR) is 114 cm³/mol. The van der Waals surface area contributed by atoms with Gasteiger partial charge in [0.05, 0.1) is 6.61 Å². The van der Waals surface area contributed by atoms with E-state index in [4.69, 9.17) is 10.5 Å².